The highest BCUT2D eigenvalue weighted by Crippen LogP contribution is 2.23. The smallest absolute Gasteiger partial charge is 0.0244 e. The van der Waals surface area contributed by atoms with Crippen molar-refractivity contribution in [2.45, 2.75) is 53.1 Å². The van der Waals surface area contributed by atoms with Crippen LogP contribution < -0.4 is 5.32 Å². The summed E-state index contributed by atoms with van der Waals surface area (Å²) in [6, 6.07) is 1.37. The van der Waals surface area contributed by atoms with Gasteiger partial charge in [0.15, 0.2) is 0 Å². The van der Waals surface area contributed by atoms with Gasteiger partial charge in [0.1, 0.15) is 0 Å². The SMILES string of the molecule is CCSCCC(C)N1CCNC(C(C)(C)C)C1. The molecule has 1 aliphatic rings. The van der Waals surface area contributed by atoms with Crippen molar-refractivity contribution in [1.82, 2.24) is 10.2 Å². The van der Waals surface area contributed by atoms with Crippen LogP contribution in [0.4, 0.5) is 0 Å². The number of thioether (sulfide) groups is 1. The Balaban J connectivity index is 2.38. The zero-order valence-corrected chi connectivity index (χ0v) is 13.1. The van der Waals surface area contributed by atoms with Crippen LogP contribution in [0.25, 0.3) is 0 Å². The Morgan fingerprint density at radius 1 is 1.41 bits per heavy atom. The first kappa shape index (κ1) is 15.3. The van der Waals surface area contributed by atoms with Gasteiger partial charge >= 0.3 is 0 Å². The van der Waals surface area contributed by atoms with E-state index >= 15 is 0 Å². The summed E-state index contributed by atoms with van der Waals surface area (Å²) in [7, 11) is 0. The molecule has 102 valence electrons. The van der Waals surface area contributed by atoms with E-state index in [9.17, 15) is 0 Å². The third-order valence-electron chi connectivity index (χ3n) is 3.76. The van der Waals surface area contributed by atoms with Gasteiger partial charge in [0.2, 0.25) is 0 Å². The second kappa shape index (κ2) is 7.01. The maximum absolute atomic E-state index is 3.66. The van der Waals surface area contributed by atoms with Crippen molar-refractivity contribution < 1.29 is 0 Å². The summed E-state index contributed by atoms with van der Waals surface area (Å²) >= 11 is 2.06. The zero-order chi connectivity index (χ0) is 12.9. The highest BCUT2D eigenvalue weighted by molar-refractivity contribution is 7.99. The molecule has 1 heterocycles. The van der Waals surface area contributed by atoms with Crippen LogP contribution in [0, 0.1) is 5.41 Å². The molecule has 0 spiro atoms. The average molecular weight is 258 g/mol. The molecule has 0 aliphatic carbocycles. The largest absolute Gasteiger partial charge is 0.311 e. The van der Waals surface area contributed by atoms with Crippen LogP contribution in [0.2, 0.25) is 0 Å². The summed E-state index contributed by atoms with van der Waals surface area (Å²) in [4.78, 5) is 2.67. The molecule has 0 aromatic carbocycles. The number of piperazine rings is 1. The number of hydrogen-bond acceptors (Lipinski definition) is 3. The summed E-state index contributed by atoms with van der Waals surface area (Å²) in [5.74, 6) is 2.56. The molecule has 2 atom stereocenters. The van der Waals surface area contributed by atoms with Crippen LogP contribution in [0.15, 0.2) is 0 Å². The Hall–Kier alpha value is 0.270. The van der Waals surface area contributed by atoms with Gasteiger partial charge in [0, 0.05) is 31.7 Å². The molecule has 0 radical (unpaired) electrons. The van der Waals surface area contributed by atoms with Gasteiger partial charge in [0.25, 0.3) is 0 Å². The molecule has 1 rings (SSSR count). The monoisotopic (exact) mass is 258 g/mol. The third-order valence-corrected chi connectivity index (χ3v) is 4.69. The minimum Gasteiger partial charge on any atom is -0.311 e. The lowest BCUT2D eigenvalue weighted by atomic mass is 9.85. The van der Waals surface area contributed by atoms with Crippen LogP contribution in [0.1, 0.15) is 41.0 Å². The van der Waals surface area contributed by atoms with Crippen molar-refractivity contribution >= 4 is 11.8 Å². The van der Waals surface area contributed by atoms with Gasteiger partial charge in [-0.05, 0) is 30.3 Å². The molecular weight excluding hydrogens is 228 g/mol. The zero-order valence-electron chi connectivity index (χ0n) is 12.3. The summed E-state index contributed by atoms with van der Waals surface area (Å²) < 4.78 is 0. The molecule has 1 aliphatic heterocycles. The van der Waals surface area contributed by atoms with E-state index in [1.165, 1.54) is 31.0 Å². The summed E-state index contributed by atoms with van der Waals surface area (Å²) in [6.45, 7) is 15.2. The van der Waals surface area contributed by atoms with Crippen molar-refractivity contribution in [3.8, 4) is 0 Å². The van der Waals surface area contributed by atoms with Gasteiger partial charge < -0.3 is 5.32 Å². The van der Waals surface area contributed by atoms with Gasteiger partial charge in [-0.3, -0.25) is 4.90 Å². The van der Waals surface area contributed by atoms with Crippen molar-refractivity contribution in [2.75, 3.05) is 31.1 Å². The lowest BCUT2D eigenvalue weighted by Gasteiger charge is -2.43. The second-order valence-corrected chi connectivity index (χ2v) is 7.60. The number of nitrogens with one attached hydrogen (secondary N) is 1. The first-order chi connectivity index (χ1) is 7.95. The maximum atomic E-state index is 3.66. The molecule has 0 saturated carbocycles. The molecule has 2 unspecified atom stereocenters. The second-order valence-electron chi connectivity index (χ2n) is 6.20. The van der Waals surface area contributed by atoms with Gasteiger partial charge in [-0.1, -0.05) is 27.7 Å². The summed E-state index contributed by atoms with van der Waals surface area (Å²) in [5, 5.41) is 3.66. The number of nitrogens with zero attached hydrogens (tertiary/aromatic N) is 1. The molecular formula is C14H30N2S. The lowest BCUT2D eigenvalue weighted by molar-refractivity contribution is 0.103. The van der Waals surface area contributed by atoms with E-state index in [2.05, 4.69) is 56.6 Å². The summed E-state index contributed by atoms with van der Waals surface area (Å²) in [5.41, 5.74) is 0.372. The van der Waals surface area contributed by atoms with E-state index in [0.29, 0.717) is 11.5 Å². The molecule has 3 heteroatoms. The summed E-state index contributed by atoms with van der Waals surface area (Å²) in [6.07, 6.45) is 1.33. The van der Waals surface area contributed by atoms with Gasteiger partial charge in [-0.2, -0.15) is 11.8 Å². The van der Waals surface area contributed by atoms with Gasteiger partial charge in [-0.15, -0.1) is 0 Å². The van der Waals surface area contributed by atoms with Crippen LogP contribution in [0.5, 0.6) is 0 Å². The standard InChI is InChI=1S/C14H30N2S/c1-6-17-10-7-12(2)16-9-8-15-13(11-16)14(3,4)5/h12-13,15H,6-11H2,1-5H3. The quantitative estimate of drug-likeness (QED) is 0.764. The molecule has 0 bridgehead atoms. The fourth-order valence-corrected chi connectivity index (χ4v) is 3.13. The van der Waals surface area contributed by atoms with Gasteiger partial charge in [-0.25, -0.2) is 0 Å². The number of rotatable bonds is 5. The van der Waals surface area contributed by atoms with Crippen LogP contribution in [0.3, 0.4) is 0 Å². The predicted octanol–water partition coefficient (Wildman–Crippen LogP) is 2.84. The van der Waals surface area contributed by atoms with E-state index < -0.39 is 0 Å². The van der Waals surface area contributed by atoms with E-state index in [4.69, 9.17) is 0 Å². The van der Waals surface area contributed by atoms with Crippen LogP contribution >= 0.6 is 11.8 Å². The molecule has 2 nitrogen and oxygen atoms in total. The minimum atomic E-state index is 0.372. The van der Waals surface area contributed by atoms with Crippen LogP contribution in [-0.4, -0.2) is 48.1 Å². The highest BCUT2D eigenvalue weighted by Gasteiger charge is 2.30. The molecule has 1 N–H and O–H groups in total. The van der Waals surface area contributed by atoms with Crippen molar-refractivity contribution in [3.05, 3.63) is 0 Å². The van der Waals surface area contributed by atoms with E-state index in [0.717, 1.165) is 12.6 Å². The fourth-order valence-electron chi connectivity index (χ4n) is 2.33. The number of hydrogen-bond donors (Lipinski definition) is 1. The average Bonchev–Trinajstić information content (AvgIpc) is 2.28. The first-order valence-electron chi connectivity index (χ1n) is 7.00. The topological polar surface area (TPSA) is 15.3 Å². The molecule has 1 saturated heterocycles. The predicted molar refractivity (Wildman–Crippen MR) is 79.9 cm³/mol. The van der Waals surface area contributed by atoms with E-state index in [1.54, 1.807) is 0 Å². The molecule has 1 fully saturated rings. The Labute approximate surface area is 112 Å². The normalized spacial score (nSPS) is 24.9. The Kier molecular flexibility index (Phi) is 6.32. The van der Waals surface area contributed by atoms with E-state index in [-0.39, 0.29) is 0 Å². The van der Waals surface area contributed by atoms with E-state index in [1.807, 2.05) is 0 Å². The third kappa shape index (κ3) is 5.19. The van der Waals surface area contributed by atoms with Crippen molar-refractivity contribution in [3.63, 3.8) is 0 Å². The van der Waals surface area contributed by atoms with Crippen molar-refractivity contribution in [2.24, 2.45) is 5.41 Å². The molecule has 0 aromatic rings. The minimum absolute atomic E-state index is 0.372. The Morgan fingerprint density at radius 2 is 2.12 bits per heavy atom. The fraction of sp³-hybridized carbons (Fsp3) is 1.00. The van der Waals surface area contributed by atoms with Crippen molar-refractivity contribution in [1.29, 1.82) is 0 Å². The lowest BCUT2D eigenvalue weighted by Crippen LogP contribution is -2.57. The molecule has 17 heavy (non-hydrogen) atoms. The molecule has 0 aromatic heterocycles. The van der Waals surface area contributed by atoms with Gasteiger partial charge in [0.05, 0.1) is 0 Å². The Morgan fingerprint density at radius 3 is 2.71 bits per heavy atom. The maximum Gasteiger partial charge on any atom is 0.0244 e. The highest BCUT2D eigenvalue weighted by atomic mass is 32.2. The Bertz CT molecular complexity index is 213. The van der Waals surface area contributed by atoms with Crippen LogP contribution in [-0.2, 0) is 0 Å². The first-order valence-corrected chi connectivity index (χ1v) is 8.15. The molecule has 0 amide bonds.